The Kier molecular flexibility index (Phi) is 7.73. The van der Waals surface area contributed by atoms with Gasteiger partial charge in [0.1, 0.15) is 11.6 Å². The van der Waals surface area contributed by atoms with Gasteiger partial charge in [0.2, 0.25) is 5.91 Å². The normalized spacial score (nSPS) is 12.5. The number of hydrogen-bond donors (Lipinski definition) is 1. The average molecular weight is 473 g/mol. The molecule has 3 rings (SSSR count). The van der Waals surface area contributed by atoms with E-state index in [1.165, 1.54) is 11.8 Å². The first-order valence-corrected chi connectivity index (χ1v) is 13.0. The van der Waals surface area contributed by atoms with Crippen molar-refractivity contribution in [3.8, 4) is 0 Å². The lowest BCUT2D eigenvalue weighted by Gasteiger charge is -2.16. The van der Waals surface area contributed by atoms with E-state index in [-0.39, 0.29) is 21.8 Å². The molecule has 1 N–H and O–H groups in total. The van der Waals surface area contributed by atoms with Gasteiger partial charge in [0.05, 0.1) is 10.1 Å². The molecule has 1 aromatic heterocycles. The van der Waals surface area contributed by atoms with E-state index in [0.29, 0.717) is 23.9 Å². The van der Waals surface area contributed by atoms with Crippen LogP contribution in [0.15, 0.2) is 58.6 Å². The van der Waals surface area contributed by atoms with E-state index >= 15 is 0 Å². The molecule has 0 fully saturated rings. The molecule has 1 amide bonds. The summed E-state index contributed by atoms with van der Waals surface area (Å²) in [5.74, 6) is -0.0000551. The number of carbonyl (C=O) groups is 1. The summed E-state index contributed by atoms with van der Waals surface area (Å²) in [6, 6.07) is 14.4. The van der Waals surface area contributed by atoms with Crippen LogP contribution < -0.4 is 5.32 Å². The van der Waals surface area contributed by atoms with E-state index in [0.717, 1.165) is 16.8 Å². The Bertz CT molecular complexity index is 1190. The number of anilines is 1. The summed E-state index contributed by atoms with van der Waals surface area (Å²) in [6.45, 7) is 8.20. The highest BCUT2D eigenvalue weighted by Crippen LogP contribution is 2.27. The Morgan fingerprint density at radius 3 is 2.38 bits per heavy atom. The molecule has 0 saturated carbocycles. The molecule has 0 radical (unpaired) electrons. The molecule has 3 aromatic rings. The second kappa shape index (κ2) is 10.3. The third-order valence-electron chi connectivity index (χ3n) is 5.12. The number of hydrogen-bond acceptors (Lipinski definition) is 6. The van der Waals surface area contributed by atoms with E-state index in [9.17, 15) is 13.2 Å². The van der Waals surface area contributed by atoms with Crippen molar-refractivity contribution in [2.45, 2.75) is 61.7 Å². The predicted molar refractivity (Wildman–Crippen MR) is 128 cm³/mol. The van der Waals surface area contributed by atoms with Crippen LogP contribution in [0.5, 0.6) is 0 Å². The maximum Gasteiger partial charge on any atom is 0.237 e. The molecular weight excluding hydrogens is 444 g/mol. The molecule has 1 atom stereocenters. The molecule has 0 saturated heterocycles. The lowest BCUT2D eigenvalue weighted by molar-refractivity contribution is -0.115. The number of thioether (sulfide) groups is 1. The van der Waals surface area contributed by atoms with E-state index in [1.54, 1.807) is 28.8 Å². The van der Waals surface area contributed by atoms with Crippen molar-refractivity contribution < 1.29 is 13.2 Å². The number of nitrogens with one attached hydrogen (secondary N) is 1. The highest BCUT2D eigenvalue weighted by molar-refractivity contribution is 8.00. The predicted octanol–water partition coefficient (Wildman–Crippen LogP) is 4.40. The Morgan fingerprint density at radius 1 is 1.06 bits per heavy atom. The van der Waals surface area contributed by atoms with Gasteiger partial charge < -0.3 is 9.88 Å². The minimum absolute atomic E-state index is 0.119. The molecule has 32 heavy (non-hydrogen) atoms. The summed E-state index contributed by atoms with van der Waals surface area (Å²) in [7, 11) is -3.56. The number of para-hydroxylation sites is 1. The van der Waals surface area contributed by atoms with Crippen LogP contribution in [0, 0.1) is 13.8 Å². The number of amides is 1. The van der Waals surface area contributed by atoms with Crippen LogP contribution in [0.25, 0.3) is 0 Å². The number of benzene rings is 2. The first kappa shape index (κ1) is 24.0. The van der Waals surface area contributed by atoms with Gasteiger partial charge in [0, 0.05) is 12.2 Å². The van der Waals surface area contributed by atoms with Crippen molar-refractivity contribution >= 4 is 33.2 Å². The van der Waals surface area contributed by atoms with Gasteiger partial charge in [-0.15, -0.1) is 10.2 Å². The van der Waals surface area contributed by atoms with Gasteiger partial charge in [-0.25, -0.2) is 8.42 Å². The van der Waals surface area contributed by atoms with Crippen LogP contribution in [-0.4, -0.2) is 34.3 Å². The smallest absolute Gasteiger partial charge is 0.237 e. The van der Waals surface area contributed by atoms with Gasteiger partial charge in [0.15, 0.2) is 15.0 Å². The quantitative estimate of drug-likeness (QED) is 0.464. The van der Waals surface area contributed by atoms with Crippen molar-refractivity contribution in [3.05, 3.63) is 65.5 Å². The summed E-state index contributed by atoms with van der Waals surface area (Å²) >= 11 is 1.30. The van der Waals surface area contributed by atoms with Gasteiger partial charge >= 0.3 is 0 Å². The molecule has 0 aliphatic carbocycles. The molecular formula is C23H28N4O3S2. The maximum absolute atomic E-state index is 12.9. The molecule has 0 aliphatic heterocycles. The summed E-state index contributed by atoms with van der Waals surface area (Å²) in [4.78, 5) is 13.1. The second-order valence-electron chi connectivity index (χ2n) is 7.53. The molecule has 0 bridgehead atoms. The molecule has 170 valence electrons. The number of sulfone groups is 1. The zero-order chi connectivity index (χ0) is 23.3. The van der Waals surface area contributed by atoms with Gasteiger partial charge in [-0.1, -0.05) is 54.6 Å². The Labute approximate surface area is 193 Å². The van der Waals surface area contributed by atoms with Crippen LogP contribution in [0.2, 0.25) is 0 Å². The lowest BCUT2D eigenvalue weighted by atomic mass is 10.2. The third-order valence-corrected chi connectivity index (χ3v) is 8.10. The van der Waals surface area contributed by atoms with E-state index in [1.807, 2.05) is 52.0 Å². The molecule has 1 unspecified atom stereocenters. The highest BCUT2D eigenvalue weighted by Gasteiger charge is 2.25. The molecule has 2 aromatic carbocycles. The fourth-order valence-electron chi connectivity index (χ4n) is 3.21. The summed E-state index contributed by atoms with van der Waals surface area (Å²) in [6.07, 6.45) is 0.593. The topological polar surface area (TPSA) is 93.9 Å². The lowest BCUT2D eigenvalue weighted by Crippen LogP contribution is -2.25. The monoisotopic (exact) mass is 472 g/mol. The number of rotatable bonds is 9. The number of aryl methyl sites for hydroxylation is 2. The SMILES string of the molecule is CCC(Sc1nnc(CS(=O)(=O)c2ccc(C)cc2)n1CC)C(=O)Nc1ccccc1C. The van der Waals surface area contributed by atoms with Crippen molar-refractivity contribution in [2.24, 2.45) is 0 Å². The molecule has 0 spiro atoms. The fourth-order valence-corrected chi connectivity index (χ4v) is 5.51. The zero-order valence-corrected chi connectivity index (χ0v) is 20.3. The number of carbonyl (C=O) groups excluding carboxylic acids is 1. The van der Waals surface area contributed by atoms with Gasteiger partial charge in [-0.05, 0) is 51.0 Å². The van der Waals surface area contributed by atoms with E-state index in [4.69, 9.17) is 0 Å². The Morgan fingerprint density at radius 2 is 1.75 bits per heavy atom. The largest absolute Gasteiger partial charge is 0.325 e. The van der Waals surface area contributed by atoms with Crippen molar-refractivity contribution in [3.63, 3.8) is 0 Å². The zero-order valence-electron chi connectivity index (χ0n) is 18.7. The first-order chi connectivity index (χ1) is 15.2. The standard InChI is InChI=1S/C23H28N4O3S2/c1-5-20(22(28)24-19-10-8-7-9-17(19)4)31-23-26-25-21(27(23)6-2)15-32(29,30)18-13-11-16(3)12-14-18/h7-14,20H,5-6,15H2,1-4H3,(H,24,28). The van der Waals surface area contributed by atoms with Crippen molar-refractivity contribution in [1.29, 1.82) is 0 Å². The van der Waals surface area contributed by atoms with E-state index in [2.05, 4.69) is 15.5 Å². The maximum atomic E-state index is 12.9. The van der Waals surface area contributed by atoms with Crippen LogP contribution in [-0.2, 0) is 26.9 Å². The minimum atomic E-state index is -3.56. The van der Waals surface area contributed by atoms with Gasteiger partial charge in [-0.2, -0.15) is 0 Å². The third kappa shape index (κ3) is 5.58. The summed E-state index contributed by atoms with van der Waals surface area (Å²) < 4.78 is 27.5. The van der Waals surface area contributed by atoms with E-state index < -0.39 is 9.84 Å². The molecule has 9 heteroatoms. The molecule has 1 heterocycles. The van der Waals surface area contributed by atoms with Crippen LogP contribution >= 0.6 is 11.8 Å². The first-order valence-electron chi connectivity index (χ1n) is 10.5. The van der Waals surface area contributed by atoms with Crippen LogP contribution in [0.4, 0.5) is 5.69 Å². The van der Waals surface area contributed by atoms with Gasteiger partial charge in [-0.3, -0.25) is 4.79 Å². The molecule has 0 aliphatic rings. The van der Waals surface area contributed by atoms with Crippen molar-refractivity contribution in [2.75, 3.05) is 5.32 Å². The molecule has 7 nitrogen and oxygen atoms in total. The van der Waals surface area contributed by atoms with Gasteiger partial charge in [0.25, 0.3) is 0 Å². The average Bonchev–Trinajstić information content (AvgIpc) is 3.14. The summed E-state index contributed by atoms with van der Waals surface area (Å²) in [5, 5.41) is 11.5. The fraction of sp³-hybridized carbons (Fsp3) is 0.348. The second-order valence-corrected chi connectivity index (χ2v) is 10.7. The highest BCUT2D eigenvalue weighted by atomic mass is 32.2. The number of nitrogens with zero attached hydrogens (tertiary/aromatic N) is 3. The van der Waals surface area contributed by atoms with Crippen LogP contribution in [0.1, 0.15) is 37.2 Å². The number of aromatic nitrogens is 3. The van der Waals surface area contributed by atoms with Crippen LogP contribution in [0.3, 0.4) is 0 Å². The summed E-state index contributed by atoms with van der Waals surface area (Å²) in [5.41, 5.74) is 2.76. The van der Waals surface area contributed by atoms with Crippen molar-refractivity contribution in [1.82, 2.24) is 14.8 Å². The Balaban J connectivity index is 1.78. The minimum Gasteiger partial charge on any atom is -0.325 e. The Hall–Kier alpha value is -2.65.